The number of imidazole rings is 1. The minimum Gasteiger partial charge on any atom is -0.467 e. The molecule has 4 rings (SSSR count). The maximum Gasteiger partial charge on any atom is 0.318 e. The molecule has 154 valence electrons. The zero-order valence-electron chi connectivity index (χ0n) is 16.4. The van der Waals surface area contributed by atoms with E-state index in [2.05, 4.69) is 19.9 Å². The molecular weight excluding hydrogens is 412 g/mol. The second-order valence-electron chi connectivity index (χ2n) is 6.38. The molecule has 0 saturated heterocycles. The molecule has 0 saturated carbocycles. The summed E-state index contributed by atoms with van der Waals surface area (Å²) in [6.07, 6.45) is 4.35. The monoisotopic (exact) mass is 429 g/mol. The molecule has 0 atom stereocenters. The molecule has 0 N–H and O–H groups in total. The van der Waals surface area contributed by atoms with Crippen LogP contribution in [-0.4, -0.2) is 37.9 Å². The molecule has 0 bridgehead atoms. The van der Waals surface area contributed by atoms with Crippen molar-refractivity contribution in [1.82, 2.24) is 24.5 Å². The highest BCUT2D eigenvalue weighted by Crippen LogP contribution is 2.28. The Morgan fingerprint density at radius 1 is 1.10 bits per heavy atom. The van der Waals surface area contributed by atoms with Gasteiger partial charge in [0.15, 0.2) is 5.65 Å². The first-order valence-corrected chi connectivity index (χ1v) is 10.0. The maximum absolute atomic E-state index is 14.7. The Morgan fingerprint density at radius 3 is 2.63 bits per heavy atom. The van der Waals surface area contributed by atoms with Gasteiger partial charge >= 0.3 is 6.01 Å². The number of halogens is 2. The number of hydrogen-bond acceptors (Lipinski definition) is 7. The molecule has 1 aromatic carbocycles. The van der Waals surface area contributed by atoms with Crippen molar-refractivity contribution in [2.24, 2.45) is 0 Å². The maximum atomic E-state index is 14.7. The molecule has 30 heavy (non-hydrogen) atoms. The summed E-state index contributed by atoms with van der Waals surface area (Å²) in [5.41, 5.74) is 2.38. The number of aryl methyl sites for hydroxylation is 1. The summed E-state index contributed by atoms with van der Waals surface area (Å²) in [5, 5.41) is 0. The number of rotatable bonds is 6. The van der Waals surface area contributed by atoms with Gasteiger partial charge in [0.2, 0.25) is 0 Å². The fourth-order valence-corrected chi connectivity index (χ4v) is 3.38. The van der Waals surface area contributed by atoms with Crippen LogP contribution in [-0.2, 0) is 6.54 Å². The van der Waals surface area contributed by atoms with E-state index >= 15 is 0 Å². The van der Waals surface area contributed by atoms with Crippen LogP contribution in [0, 0.1) is 18.6 Å². The van der Waals surface area contributed by atoms with Crippen LogP contribution < -0.4 is 8.92 Å². The smallest absolute Gasteiger partial charge is 0.318 e. The third-order valence-electron chi connectivity index (χ3n) is 4.43. The first-order valence-electron chi connectivity index (χ1n) is 8.89. The molecule has 7 nitrogen and oxygen atoms in total. The number of fused-ring (bicyclic) bond motifs is 1. The Hall–Kier alpha value is -3.27. The Labute approximate surface area is 175 Å². The van der Waals surface area contributed by atoms with Crippen LogP contribution in [0.2, 0.25) is 0 Å². The number of ether oxygens (including phenoxy) is 1. The van der Waals surface area contributed by atoms with E-state index in [1.807, 2.05) is 0 Å². The first-order chi connectivity index (χ1) is 14.5. The van der Waals surface area contributed by atoms with E-state index in [1.54, 1.807) is 29.9 Å². The summed E-state index contributed by atoms with van der Waals surface area (Å²) in [6.45, 7) is 1.87. The van der Waals surface area contributed by atoms with Gasteiger partial charge in [-0.2, -0.15) is 9.97 Å². The van der Waals surface area contributed by atoms with Crippen molar-refractivity contribution in [1.29, 1.82) is 0 Å². The minimum absolute atomic E-state index is 0.104. The highest BCUT2D eigenvalue weighted by Gasteiger charge is 2.20. The van der Waals surface area contributed by atoms with E-state index in [4.69, 9.17) is 8.92 Å². The van der Waals surface area contributed by atoms with Gasteiger partial charge in [-0.15, -0.1) is 0 Å². The number of pyridine rings is 1. The van der Waals surface area contributed by atoms with Gasteiger partial charge in [-0.3, -0.25) is 4.98 Å². The molecule has 4 aromatic rings. The van der Waals surface area contributed by atoms with Gasteiger partial charge in [-0.05, 0) is 19.1 Å². The van der Waals surface area contributed by atoms with Crippen molar-refractivity contribution in [2.75, 3.05) is 13.4 Å². The highest BCUT2D eigenvalue weighted by molar-refractivity contribution is 7.94. The first kappa shape index (κ1) is 20.0. The summed E-state index contributed by atoms with van der Waals surface area (Å²) < 4.78 is 40.7. The van der Waals surface area contributed by atoms with Crippen LogP contribution in [0.3, 0.4) is 0 Å². The van der Waals surface area contributed by atoms with Gasteiger partial charge < -0.3 is 13.5 Å². The lowest BCUT2D eigenvalue weighted by atomic mass is 10.2. The molecule has 0 unspecified atom stereocenters. The van der Waals surface area contributed by atoms with Crippen molar-refractivity contribution in [2.45, 2.75) is 13.5 Å². The minimum atomic E-state index is -0.503. The Bertz CT molecular complexity index is 1230. The van der Waals surface area contributed by atoms with Crippen LogP contribution in [0.15, 0.2) is 36.7 Å². The number of methoxy groups -OCH3 is 1. The van der Waals surface area contributed by atoms with Crippen LogP contribution in [0.25, 0.3) is 22.6 Å². The van der Waals surface area contributed by atoms with E-state index in [1.165, 1.54) is 25.4 Å². The zero-order chi connectivity index (χ0) is 21.3. The van der Waals surface area contributed by atoms with E-state index < -0.39 is 11.6 Å². The van der Waals surface area contributed by atoms with Gasteiger partial charge in [-0.25, -0.2) is 13.8 Å². The largest absolute Gasteiger partial charge is 0.467 e. The summed E-state index contributed by atoms with van der Waals surface area (Å²) in [4.78, 5) is 17.1. The summed E-state index contributed by atoms with van der Waals surface area (Å²) in [7, 11) is 1.46. The summed E-state index contributed by atoms with van der Waals surface area (Å²) >= 11 is 1.13. The van der Waals surface area contributed by atoms with Gasteiger partial charge in [0, 0.05) is 29.6 Å². The SMILES string of the molecule is COc1nc(C)c2nc(-c3cncc(F)c3)n(Cc3ccc(OSC)cc3F)c2n1. The lowest BCUT2D eigenvalue weighted by molar-refractivity contribution is 0.380. The molecule has 3 aromatic heterocycles. The van der Waals surface area contributed by atoms with Crippen LogP contribution >= 0.6 is 12.0 Å². The van der Waals surface area contributed by atoms with Gasteiger partial charge in [0.05, 0.1) is 37.6 Å². The van der Waals surface area contributed by atoms with Crippen molar-refractivity contribution in [3.8, 4) is 23.1 Å². The summed E-state index contributed by atoms with van der Waals surface area (Å²) in [5.74, 6) is -0.138. The van der Waals surface area contributed by atoms with E-state index in [-0.39, 0.29) is 12.6 Å². The molecule has 0 aliphatic heterocycles. The Kier molecular flexibility index (Phi) is 5.49. The molecule has 0 amide bonds. The number of hydrogen-bond donors (Lipinski definition) is 0. The second kappa shape index (κ2) is 8.23. The third kappa shape index (κ3) is 3.78. The van der Waals surface area contributed by atoms with E-state index in [0.717, 1.165) is 18.2 Å². The highest BCUT2D eigenvalue weighted by atomic mass is 32.2. The lowest BCUT2D eigenvalue weighted by Crippen LogP contribution is -2.06. The fourth-order valence-electron chi connectivity index (χ4n) is 3.08. The van der Waals surface area contributed by atoms with Crippen molar-refractivity contribution in [3.05, 3.63) is 59.6 Å². The lowest BCUT2D eigenvalue weighted by Gasteiger charge is -2.11. The fraction of sp³-hybridized carbons (Fsp3) is 0.200. The van der Waals surface area contributed by atoms with Crippen LogP contribution in [0.5, 0.6) is 11.8 Å². The van der Waals surface area contributed by atoms with Gasteiger partial charge in [0.25, 0.3) is 0 Å². The number of nitrogens with zero attached hydrogens (tertiary/aromatic N) is 5. The van der Waals surface area contributed by atoms with E-state index in [0.29, 0.717) is 39.6 Å². The summed E-state index contributed by atoms with van der Waals surface area (Å²) in [6, 6.07) is 6.10. The number of benzene rings is 1. The average Bonchev–Trinajstić information content (AvgIpc) is 3.09. The second-order valence-corrected chi connectivity index (χ2v) is 6.88. The van der Waals surface area contributed by atoms with Gasteiger partial charge in [0.1, 0.15) is 28.7 Å². The quantitative estimate of drug-likeness (QED) is 0.426. The predicted octanol–water partition coefficient (Wildman–Crippen LogP) is 4.19. The van der Waals surface area contributed by atoms with Gasteiger partial charge in [-0.1, -0.05) is 6.07 Å². The molecule has 3 heterocycles. The molecule has 0 radical (unpaired) electrons. The molecule has 0 aliphatic carbocycles. The molecule has 0 fully saturated rings. The van der Waals surface area contributed by atoms with Crippen LogP contribution in [0.4, 0.5) is 8.78 Å². The topological polar surface area (TPSA) is 75.0 Å². The molecule has 0 spiro atoms. The normalized spacial score (nSPS) is 11.1. The van der Waals surface area contributed by atoms with Crippen molar-refractivity contribution < 1.29 is 17.7 Å². The molecule has 0 aliphatic rings. The Morgan fingerprint density at radius 2 is 1.93 bits per heavy atom. The molecular formula is C20H17F2N5O2S. The van der Waals surface area contributed by atoms with E-state index in [9.17, 15) is 8.78 Å². The average molecular weight is 429 g/mol. The van der Waals surface area contributed by atoms with Crippen molar-refractivity contribution in [3.63, 3.8) is 0 Å². The third-order valence-corrected chi connectivity index (χ3v) is 4.79. The number of aromatic nitrogens is 5. The van der Waals surface area contributed by atoms with Crippen molar-refractivity contribution >= 4 is 23.2 Å². The molecule has 10 heteroatoms. The predicted molar refractivity (Wildman–Crippen MR) is 109 cm³/mol. The Balaban J connectivity index is 1.90. The zero-order valence-corrected chi connectivity index (χ0v) is 17.2. The van der Waals surface area contributed by atoms with Crippen LogP contribution in [0.1, 0.15) is 11.3 Å². The standard InChI is InChI=1S/C20H17F2N5O2S/c1-11-17-19(26-20(24-11)28-2)27(18(25-17)13-6-14(21)9-23-8-13)10-12-4-5-15(29-30-3)7-16(12)22/h4-9H,10H2,1-3H3.